The molecule has 98 valence electrons. The van der Waals surface area contributed by atoms with Crippen LogP contribution in [-0.2, 0) is 17.9 Å². The summed E-state index contributed by atoms with van der Waals surface area (Å²) in [6.07, 6.45) is -1.99. The molecular formula is C10H14F3IN2O. The second-order valence-electron chi connectivity index (χ2n) is 3.74. The second-order valence-corrected chi connectivity index (χ2v) is 4.90. The van der Waals surface area contributed by atoms with Gasteiger partial charge in [-0.2, -0.15) is 18.3 Å². The van der Waals surface area contributed by atoms with Crippen LogP contribution < -0.4 is 0 Å². The molecule has 0 aromatic carbocycles. The van der Waals surface area contributed by atoms with Gasteiger partial charge in [-0.05, 0) is 35.9 Å². The number of nitrogens with zero attached hydrogens (tertiary/aromatic N) is 2. The van der Waals surface area contributed by atoms with Gasteiger partial charge in [-0.3, -0.25) is 4.68 Å². The summed E-state index contributed by atoms with van der Waals surface area (Å²) < 4.78 is 44.0. The third-order valence-electron chi connectivity index (χ3n) is 2.31. The molecule has 0 aliphatic heterocycles. The lowest BCUT2D eigenvalue weighted by atomic mass is 10.3. The number of rotatable bonds is 5. The van der Waals surface area contributed by atoms with Crippen molar-refractivity contribution in [1.29, 1.82) is 0 Å². The minimum Gasteiger partial charge on any atom is -0.372 e. The molecule has 0 unspecified atom stereocenters. The van der Waals surface area contributed by atoms with Crippen LogP contribution in [0.4, 0.5) is 13.2 Å². The second kappa shape index (κ2) is 6.03. The van der Waals surface area contributed by atoms with Gasteiger partial charge in [0.1, 0.15) is 6.54 Å². The Hall–Kier alpha value is -0.310. The van der Waals surface area contributed by atoms with Crippen LogP contribution in [0.3, 0.4) is 0 Å². The molecule has 3 nitrogen and oxygen atoms in total. The first-order valence-corrected chi connectivity index (χ1v) is 6.30. The maximum absolute atomic E-state index is 12.3. The van der Waals surface area contributed by atoms with Gasteiger partial charge in [0.25, 0.3) is 0 Å². The Balaban J connectivity index is 2.73. The maximum Gasteiger partial charge on any atom is 0.408 e. The standard InChI is InChI=1S/C10H14F3IN2O/c1-3-7(2)17-5-9-8(14)4-15-16(9)6-10(11,12)13/h4,7H,3,5-6H2,1-2H3/t7-/m1/s1. The summed E-state index contributed by atoms with van der Waals surface area (Å²) in [4.78, 5) is 0. The Morgan fingerprint density at radius 1 is 1.53 bits per heavy atom. The van der Waals surface area contributed by atoms with Gasteiger partial charge in [0.05, 0.1) is 28.2 Å². The molecule has 0 fully saturated rings. The Bertz CT molecular complexity index is 365. The molecule has 0 amide bonds. The molecule has 0 bridgehead atoms. The summed E-state index contributed by atoms with van der Waals surface area (Å²) in [5.41, 5.74) is 0.475. The van der Waals surface area contributed by atoms with Crippen LogP contribution in [0.5, 0.6) is 0 Å². The van der Waals surface area contributed by atoms with Crippen LogP contribution in [0.25, 0.3) is 0 Å². The first kappa shape index (κ1) is 14.7. The van der Waals surface area contributed by atoms with Crippen molar-refractivity contribution in [2.75, 3.05) is 0 Å². The molecule has 7 heteroatoms. The van der Waals surface area contributed by atoms with E-state index in [1.54, 1.807) is 0 Å². The van der Waals surface area contributed by atoms with E-state index < -0.39 is 12.7 Å². The normalized spacial score (nSPS) is 14.0. The summed E-state index contributed by atoms with van der Waals surface area (Å²) >= 11 is 1.96. The Morgan fingerprint density at radius 3 is 2.71 bits per heavy atom. The van der Waals surface area contributed by atoms with Crippen molar-refractivity contribution in [3.63, 3.8) is 0 Å². The Kier molecular flexibility index (Phi) is 5.23. The fourth-order valence-corrected chi connectivity index (χ4v) is 1.74. The molecule has 1 aromatic heterocycles. The number of ether oxygens (including phenoxy) is 1. The van der Waals surface area contributed by atoms with E-state index in [4.69, 9.17) is 4.74 Å². The molecule has 17 heavy (non-hydrogen) atoms. The van der Waals surface area contributed by atoms with Crippen molar-refractivity contribution in [2.24, 2.45) is 0 Å². The highest BCUT2D eigenvalue weighted by molar-refractivity contribution is 14.1. The summed E-state index contributed by atoms with van der Waals surface area (Å²) in [7, 11) is 0. The van der Waals surface area contributed by atoms with Gasteiger partial charge in [0, 0.05) is 0 Å². The van der Waals surface area contributed by atoms with E-state index in [0.717, 1.165) is 11.1 Å². The first-order valence-electron chi connectivity index (χ1n) is 5.22. The molecule has 1 heterocycles. The van der Waals surface area contributed by atoms with Crippen molar-refractivity contribution in [3.8, 4) is 0 Å². The lowest BCUT2D eigenvalue weighted by Gasteiger charge is -2.13. The van der Waals surface area contributed by atoms with Crippen molar-refractivity contribution in [1.82, 2.24) is 9.78 Å². The van der Waals surface area contributed by atoms with E-state index >= 15 is 0 Å². The number of hydrogen-bond donors (Lipinski definition) is 0. The zero-order valence-corrected chi connectivity index (χ0v) is 11.7. The predicted octanol–water partition coefficient (Wildman–Crippen LogP) is 3.37. The maximum atomic E-state index is 12.3. The van der Waals surface area contributed by atoms with Crippen LogP contribution in [0.2, 0.25) is 0 Å². The molecule has 0 saturated carbocycles. The molecule has 0 spiro atoms. The minimum atomic E-state index is -4.26. The van der Waals surface area contributed by atoms with Gasteiger partial charge in [0.2, 0.25) is 0 Å². The Labute approximate surface area is 111 Å². The number of aromatic nitrogens is 2. The number of alkyl halides is 3. The van der Waals surface area contributed by atoms with Gasteiger partial charge in [0.15, 0.2) is 0 Å². The molecule has 0 saturated heterocycles. The molecule has 1 aromatic rings. The molecular weight excluding hydrogens is 348 g/mol. The van der Waals surface area contributed by atoms with E-state index in [-0.39, 0.29) is 12.7 Å². The van der Waals surface area contributed by atoms with Crippen LogP contribution in [0, 0.1) is 3.57 Å². The number of halogens is 4. The van der Waals surface area contributed by atoms with E-state index in [9.17, 15) is 13.2 Å². The summed E-state index contributed by atoms with van der Waals surface area (Å²) in [5.74, 6) is 0. The monoisotopic (exact) mass is 362 g/mol. The average molecular weight is 362 g/mol. The fraction of sp³-hybridized carbons (Fsp3) is 0.700. The highest BCUT2D eigenvalue weighted by Gasteiger charge is 2.30. The molecule has 0 N–H and O–H groups in total. The van der Waals surface area contributed by atoms with Crippen LogP contribution >= 0.6 is 22.6 Å². The van der Waals surface area contributed by atoms with Crippen molar-refractivity contribution >= 4 is 22.6 Å². The molecule has 0 aliphatic rings. The molecule has 0 aliphatic carbocycles. The predicted molar refractivity (Wildman–Crippen MR) is 65.5 cm³/mol. The van der Waals surface area contributed by atoms with E-state index in [0.29, 0.717) is 9.26 Å². The minimum absolute atomic E-state index is 0.0278. The highest BCUT2D eigenvalue weighted by atomic mass is 127. The zero-order valence-electron chi connectivity index (χ0n) is 9.59. The summed E-state index contributed by atoms with van der Waals surface area (Å²) in [6.45, 7) is 2.93. The van der Waals surface area contributed by atoms with Gasteiger partial charge in [-0.25, -0.2) is 0 Å². The number of hydrogen-bond acceptors (Lipinski definition) is 2. The highest BCUT2D eigenvalue weighted by Crippen LogP contribution is 2.21. The van der Waals surface area contributed by atoms with Crippen LogP contribution in [0.15, 0.2) is 6.20 Å². The van der Waals surface area contributed by atoms with E-state index in [2.05, 4.69) is 5.10 Å². The SMILES string of the molecule is CC[C@@H](C)OCc1c(I)cnn1CC(F)(F)F. The molecule has 0 radical (unpaired) electrons. The molecule has 1 rings (SSSR count). The lowest BCUT2D eigenvalue weighted by molar-refractivity contribution is -0.143. The topological polar surface area (TPSA) is 27.1 Å². The van der Waals surface area contributed by atoms with E-state index in [1.165, 1.54) is 6.20 Å². The van der Waals surface area contributed by atoms with Crippen molar-refractivity contribution in [2.45, 2.75) is 45.7 Å². The van der Waals surface area contributed by atoms with E-state index in [1.807, 2.05) is 36.4 Å². The van der Waals surface area contributed by atoms with Gasteiger partial charge < -0.3 is 4.74 Å². The smallest absolute Gasteiger partial charge is 0.372 e. The average Bonchev–Trinajstić information content (AvgIpc) is 2.54. The van der Waals surface area contributed by atoms with Crippen molar-refractivity contribution < 1.29 is 17.9 Å². The summed E-state index contributed by atoms with van der Waals surface area (Å²) in [5, 5.41) is 3.71. The summed E-state index contributed by atoms with van der Waals surface area (Å²) in [6, 6.07) is 0. The zero-order chi connectivity index (χ0) is 13.1. The molecule has 1 atom stereocenters. The first-order chi connectivity index (χ1) is 7.83. The Morgan fingerprint density at radius 2 is 2.18 bits per heavy atom. The lowest BCUT2D eigenvalue weighted by Crippen LogP contribution is -2.21. The fourth-order valence-electron chi connectivity index (χ4n) is 1.18. The van der Waals surface area contributed by atoms with Crippen LogP contribution in [-0.4, -0.2) is 22.1 Å². The largest absolute Gasteiger partial charge is 0.408 e. The van der Waals surface area contributed by atoms with Crippen molar-refractivity contribution in [3.05, 3.63) is 15.5 Å². The third-order valence-corrected chi connectivity index (χ3v) is 3.21. The third kappa shape index (κ3) is 4.82. The van der Waals surface area contributed by atoms with Crippen LogP contribution in [0.1, 0.15) is 26.0 Å². The van der Waals surface area contributed by atoms with Gasteiger partial charge in [-0.1, -0.05) is 6.92 Å². The van der Waals surface area contributed by atoms with Gasteiger partial charge >= 0.3 is 6.18 Å². The van der Waals surface area contributed by atoms with Gasteiger partial charge in [-0.15, -0.1) is 0 Å². The quantitative estimate of drug-likeness (QED) is 0.752.